The summed E-state index contributed by atoms with van der Waals surface area (Å²) >= 11 is 1.34. The van der Waals surface area contributed by atoms with Gasteiger partial charge in [0.2, 0.25) is 0 Å². The molecular weight excluding hydrogens is 196 g/mol. The van der Waals surface area contributed by atoms with Crippen molar-refractivity contribution in [2.24, 2.45) is 0 Å². The molecule has 1 aromatic carbocycles. The summed E-state index contributed by atoms with van der Waals surface area (Å²) in [4.78, 5) is 11.6. The first-order valence-corrected chi connectivity index (χ1v) is 5.45. The highest BCUT2D eigenvalue weighted by atomic mass is 32.2. The zero-order valence-electron chi connectivity index (χ0n) is 8.32. The Morgan fingerprint density at radius 1 is 1.43 bits per heavy atom. The number of hydrogen-bond donors (Lipinski definition) is 0. The highest BCUT2D eigenvalue weighted by molar-refractivity contribution is 8.00. The van der Waals surface area contributed by atoms with Crippen molar-refractivity contribution in [3.05, 3.63) is 29.8 Å². The topological polar surface area (TPSA) is 40.1 Å². The fraction of sp³-hybridized carbons (Fsp3) is 0.364. The SMILES string of the molecule is CCC(Sc1ccc(C)cc1)C(=O)[O-]. The number of hydrogen-bond acceptors (Lipinski definition) is 3. The summed E-state index contributed by atoms with van der Waals surface area (Å²) in [5.41, 5.74) is 1.18. The van der Waals surface area contributed by atoms with Gasteiger partial charge in [0.05, 0.1) is 5.97 Å². The van der Waals surface area contributed by atoms with Gasteiger partial charge in [0, 0.05) is 10.1 Å². The lowest BCUT2D eigenvalue weighted by molar-refractivity contribution is -0.304. The summed E-state index contributed by atoms with van der Waals surface area (Å²) in [5, 5.41) is 10.2. The fourth-order valence-corrected chi connectivity index (χ4v) is 1.96. The van der Waals surface area contributed by atoms with Crippen molar-refractivity contribution in [3.63, 3.8) is 0 Å². The van der Waals surface area contributed by atoms with E-state index in [1.807, 2.05) is 38.1 Å². The molecule has 0 saturated carbocycles. The van der Waals surface area contributed by atoms with Crippen molar-refractivity contribution in [2.75, 3.05) is 0 Å². The van der Waals surface area contributed by atoms with E-state index in [1.54, 1.807) is 0 Å². The molecule has 0 spiro atoms. The Morgan fingerprint density at radius 2 is 2.00 bits per heavy atom. The van der Waals surface area contributed by atoms with Crippen LogP contribution in [0.1, 0.15) is 18.9 Å². The number of carboxylic acid groups (broad SMARTS) is 1. The van der Waals surface area contributed by atoms with E-state index in [0.717, 1.165) is 4.90 Å². The predicted molar refractivity (Wildman–Crippen MR) is 56.1 cm³/mol. The molecule has 76 valence electrons. The molecule has 0 aromatic heterocycles. The molecule has 2 nitrogen and oxygen atoms in total. The van der Waals surface area contributed by atoms with Gasteiger partial charge in [0.15, 0.2) is 0 Å². The second kappa shape index (κ2) is 5.05. The van der Waals surface area contributed by atoms with Crippen LogP contribution in [0.15, 0.2) is 29.2 Å². The van der Waals surface area contributed by atoms with E-state index in [0.29, 0.717) is 6.42 Å². The van der Waals surface area contributed by atoms with Crippen molar-refractivity contribution in [3.8, 4) is 0 Å². The van der Waals surface area contributed by atoms with Crippen LogP contribution in [0.3, 0.4) is 0 Å². The molecule has 0 saturated heterocycles. The highest BCUT2D eigenvalue weighted by Gasteiger charge is 2.08. The number of thioether (sulfide) groups is 1. The van der Waals surface area contributed by atoms with E-state index in [1.165, 1.54) is 17.3 Å². The van der Waals surface area contributed by atoms with Crippen LogP contribution in [0.2, 0.25) is 0 Å². The van der Waals surface area contributed by atoms with E-state index in [4.69, 9.17) is 0 Å². The minimum Gasteiger partial charge on any atom is -0.549 e. The predicted octanol–water partition coefficient (Wildman–Crippen LogP) is 1.62. The zero-order valence-corrected chi connectivity index (χ0v) is 9.14. The lowest BCUT2D eigenvalue weighted by Gasteiger charge is -2.15. The quantitative estimate of drug-likeness (QED) is 0.707. The van der Waals surface area contributed by atoms with Crippen LogP contribution in [0.25, 0.3) is 0 Å². The Morgan fingerprint density at radius 3 is 2.43 bits per heavy atom. The number of aryl methyl sites for hydroxylation is 1. The molecule has 0 aliphatic rings. The van der Waals surface area contributed by atoms with E-state index < -0.39 is 11.2 Å². The standard InChI is InChI=1S/C11H14O2S/c1-3-10(11(12)13)14-9-6-4-8(2)5-7-9/h4-7,10H,3H2,1-2H3,(H,12,13)/p-1. The molecule has 0 heterocycles. The summed E-state index contributed by atoms with van der Waals surface area (Å²) in [5.74, 6) is -0.988. The van der Waals surface area contributed by atoms with Gasteiger partial charge < -0.3 is 9.90 Å². The van der Waals surface area contributed by atoms with Crippen LogP contribution >= 0.6 is 11.8 Å². The first kappa shape index (κ1) is 11.1. The number of benzene rings is 1. The number of carbonyl (C=O) groups is 1. The molecule has 0 bridgehead atoms. The molecule has 0 N–H and O–H groups in total. The average molecular weight is 209 g/mol. The van der Waals surface area contributed by atoms with Gasteiger partial charge in [-0.1, -0.05) is 24.6 Å². The van der Waals surface area contributed by atoms with E-state index in [9.17, 15) is 9.90 Å². The Hall–Kier alpha value is -0.960. The lowest BCUT2D eigenvalue weighted by atomic mass is 10.2. The van der Waals surface area contributed by atoms with Crippen LogP contribution in [0, 0.1) is 6.92 Å². The fourth-order valence-electron chi connectivity index (χ4n) is 1.08. The van der Waals surface area contributed by atoms with Gasteiger partial charge in [0.1, 0.15) is 0 Å². The third kappa shape index (κ3) is 3.07. The van der Waals surface area contributed by atoms with E-state index in [-0.39, 0.29) is 0 Å². The van der Waals surface area contributed by atoms with Crippen LogP contribution < -0.4 is 5.11 Å². The van der Waals surface area contributed by atoms with E-state index >= 15 is 0 Å². The largest absolute Gasteiger partial charge is 0.549 e. The van der Waals surface area contributed by atoms with Crippen molar-refractivity contribution in [2.45, 2.75) is 30.4 Å². The Balaban J connectivity index is 2.67. The maximum Gasteiger partial charge on any atom is 0.0548 e. The van der Waals surface area contributed by atoms with Crippen molar-refractivity contribution in [1.29, 1.82) is 0 Å². The van der Waals surface area contributed by atoms with E-state index in [2.05, 4.69) is 0 Å². The maximum atomic E-state index is 10.7. The van der Waals surface area contributed by atoms with Crippen molar-refractivity contribution < 1.29 is 9.90 Å². The average Bonchev–Trinajstić information content (AvgIpc) is 2.16. The number of carbonyl (C=O) groups excluding carboxylic acids is 1. The molecule has 1 aromatic rings. The Labute approximate surface area is 88.3 Å². The molecule has 0 aliphatic carbocycles. The summed E-state index contributed by atoms with van der Waals surface area (Å²) in [7, 11) is 0. The summed E-state index contributed by atoms with van der Waals surface area (Å²) in [6.45, 7) is 3.85. The first-order valence-electron chi connectivity index (χ1n) is 4.57. The number of carboxylic acids is 1. The summed E-state index contributed by atoms with van der Waals surface area (Å²) in [6, 6.07) is 7.83. The molecule has 14 heavy (non-hydrogen) atoms. The van der Waals surface area contributed by atoms with Crippen molar-refractivity contribution >= 4 is 17.7 Å². The van der Waals surface area contributed by atoms with Crippen molar-refractivity contribution in [1.82, 2.24) is 0 Å². The highest BCUT2D eigenvalue weighted by Crippen LogP contribution is 2.25. The second-order valence-corrected chi connectivity index (χ2v) is 4.42. The normalized spacial score (nSPS) is 12.4. The van der Waals surface area contributed by atoms with Gasteiger partial charge >= 0.3 is 0 Å². The van der Waals surface area contributed by atoms with Crippen LogP contribution in [-0.4, -0.2) is 11.2 Å². The third-order valence-electron chi connectivity index (χ3n) is 1.93. The third-order valence-corrected chi connectivity index (χ3v) is 3.29. The summed E-state index contributed by atoms with van der Waals surface area (Å²) in [6.07, 6.45) is 0.584. The van der Waals surface area contributed by atoms with Crippen LogP contribution in [-0.2, 0) is 4.79 Å². The van der Waals surface area contributed by atoms with Gasteiger partial charge in [0.25, 0.3) is 0 Å². The molecule has 1 rings (SSSR count). The second-order valence-electron chi connectivity index (χ2n) is 3.15. The monoisotopic (exact) mass is 209 g/mol. The van der Waals surface area contributed by atoms with Gasteiger partial charge in [-0.3, -0.25) is 0 Å². The Bertz CT molecular complexity index is 306. The summed E-state index contributed by atoms with van der Waals surface area (Å²) < 4.78 is 0. The van der Waals surface area contributed by atoms with Gasteiger partial charge in [-0.2, -0.15) is 0 Å². The number of aliphatic carboxylic acids is 1. The molecular formula is C11H13O2S-. The smallest absolute Gasteiger partial charge is 0.0548 e. The van der Waals surface area contributed by atoms with Crippen LogP contribution in [0.5, 0.6) is 0 Å². The molecule has 1 atom stereocenters. The first-order chi connectivity index (χ1) is 6.63. The minimum atomic E-state index is -0.988. The lowest BCUT2D eigenvalue weighted by Crippen LogP contribution is -2.32. The molecule has 1 unspecified atom stereocenters. The maximum absolute atomic E-state index is 10.7. The molecule has 0 amide bonds. The zero-order chi connectivity index (χ0) is 10.6. The van der Waals surface area contributed by atoms with Gasteiger partial charge in [-0.15, -0.1) is 11.8 Å². The van der Waals surface area contributed by atoms with Crippen LogP contribution in [0.4, 0.5) is 0 Å². The molecule has 3 heteroatoms. The molecule has 0 fully saturated rings. The molecule has 0 radical (unpaired) electrons. The van der Waals surface area contributed by atoms with Gasteiger partial charge in [-0.25, -0.2) is 0 Å². The number of rotatable bonds is 4. The minimum absolute atomic E-state index is 0.447. The molecule has 0 aliphatic heterocycles. The Kier molecular flexibility index (Phi) is 4.01. The van der Waals surface area contributed by atoms with Gasteiger partial charge in [-0.05, 0) is 25.5 Å².